The summed E-state index contributed by atoms with van der Waals surface area (Å²) in [7, 11) is 0. The van der Waals surface area contributed by atoms with Crippen LogP contribution < -0.4 is 5.32 Å². The predicted molar refractivity (Wildman–Crippen MR) is 81.1 cm³/mol. The van der Waals surface area contributed by atoms with Gasteiger partial charge in [0.15, 0.2) is 0 Å². The number of hydrogen-bond acceptors (Lipinski definition) is 2. The van der Waals surface area contributed by atoms with Crippen molar-refractivity contribution in [2.24, 2.45) is 11.8 Å². The summed E-state index contributed by atoms with van der Waals surface area (Å²) in [5.41, 5.74) is 0. The van der Waals surface area contributed by atoms with Crippen molar-refractivity contribution in [3.05, 3.63) is 0 Å². The van der Waals surface area contributed by atoms with E-state index in [1.54, 1.807) is 0 Å². The minimum atomic E-state index is -0.764. The molecule has 2 rings (SSSR count). The lowest BCUT2D eigenvalue weighted by molar-refractivity contribution is -0.138. The van der Waals surface area contributed by atoms with Gasteiger partial charge in [-0.1, -0.05) is 26.2 Å². The summed E-state index contributed by atoms with van der Waals surface area (Å²) in [4.78, 5) is 25.0. The lowest BCUT2D eigenvalue weighted by atomic mass is 9.84. The molecular formula is C16H28N2O3. The number of carboxylic acids is 1. The van der Waals surface area contributed by atoms with Gasteiger partial charge in [0.2, 0.25) is 0 Å². The summed E-state index contributed by atoms with van der Waals surface area (Å²) in [5, 5.41) is 12.1. The van der Waals surface area contributed by atoms with E-state index < -0.39 is 5.97 Å². The highest BCUT2D eigenvalue weighted by Crippen LogP contribution is 2.27. The third-order valence-electron chi connectivity index (χ3n) is 4.96. The third-order valence-corrected chi connectivity index (χ3v) is 4.96. The van der Waals surface area contributed by atoms with Crippen molar-refractivity contribution < 1.29 is 14.7 Å². The first-order chi connectivity index (χ1) is 10.1. The average Bonchev–Trinajstić information content (AvgIpc) is 2.47. The van der Waals surface area contributed by atoms with Crippen LogP contribution >= 0.6 is 0 Å². The second-order valence-corrected chi connectivity index (χ2v) is 6.64. The number of piperidine rings is 1. The van der Waals surface area contributed by atoms with Crippen molar-refractivity contribution in [1.29, 1.82) is 0 Å². The summed E-state index contributed by atoms with van der Waals surface area (Å²) < 4.78 is 0. The molecule has 0 bridgehead atoms. The number of nitrogens with one attached hydrogen (secondary N) is 1. The number of likely N-dealkylation sites (tertiary alicyclic amines) is 1. The van der Waals surface area contributed by atoms with Crippen LogP contribution in [0.4, 0.5) is 4.79 Å². The highest BCUT2D eigenvalue weighted by Gasteiger charge is 2.28. The van der Waals surface area contributed by atoms with Crippen molar-refractivity contribution in [1.82, 2.24) is 10.2 Å². The molecule has 5 nitrogen and oxygen atoms in total. The van der Waals surface area contributed by atoms with Crippen molar-refractivity contribution in [3.8, 4) is 0 Å². The molecule has 2 aliphatic rings. The zero-order chi connectivity index (χ0) is 15.2. The largest absolute Gasteiger partial charge is 0.481 e. The molecule has 0 radical (unpaired) electrons. The molecule has 2 amide bonds. The maximum atomic E-state index is 12.4. The van der Waals surface area contributed by atoms with Gasteiger partial charge in [-0.2, -0.15) is 0 Å². The lowest BCUT2D eigenvalue weighted by Crippen LogP contribution is -2.49. The highest BCUT2D eigenvalue weighted by molar-refractivity contribution is 5.75. The van der Waals surface area contributed by atoms with Gasteiger partial charge in [0, 0.05) is 25.6 Å². The van der Waals surface area contributed by atoms with Crippen LogP contribution in [0.3, 0.4) is 0 Å². The molecule has 0 aromatic carbocycles. The normalized spacial score (nSPS) is 30.0. The fourth-order valence-corrected chi connectivity index (χ4v) is 3.72. The van der Waals surface area contributed by atoms with Gasteiger partial charge in [-0.05, 0) is 37.5 Å². The second-order valence-electron chi connectivity index (χ2n) is 6.64. The first-order valence-corrected chi connectivity index (χ1v) is 8.35. The van der Waals surface area contributed by atoms with Crippen molar-refractivity contribution >= 4 is 12.0 Å². The molecule has 1 saturated heterocycles. The molecule has 5 heteroatoms. The Morgan fingerprint density at radius 2 is 1.95 bits per heavy atom. The van der Waals surface area contributed by atoms with Crippen LogP contribution in [-0.2, 0) is 4.79 Å². The quantitative estimate of drug-likeness (QED) is 0.838. The Kier molecular flexibility index (Phi) is 5.88. The molecule has 2 N–H and O–H groups in total. The number of carbonyl (C=O) groups excluding carboxylic acids is 1. The Hall–Kier alpha value is -1.26. The predicted octanol–water partition coefficient (Wildman–Crippen LogP) is 2.85. The first kappa shape index (κ1) is 16.1. The van der Waals surface area contributed by atoms with E-state index >= 15 is 0 Å². The minimum absolute atomic E-state index is 0.00634. The van der Waals surface area contributed by atoms with Crippen LogP contribution in [-0.4, -0.2) is 41.1 Å². The van der Waals surface area contributed by atoms with Crippen molar-refractivity contribution in [3.63, 3.8) is 0 Å². The molecule has 0 aromatic heterocycles. The number of hydrogen-bond donors (Lipinski definition) is 2. The Morgan fingerprint density at radius 1 is 1.19 bits per heavy atom. The van der Waals surface area contributed by atoms with E-state index in [0.29, 0.717) is 12.6 Å². The van der Waals surface area contributed by atoms with E-state index in [4.69, 9.17) is 5.11 Å². The van der Waals surface area contributed by atoms with E-state index in [1.807, 2.05) is 4.90 Å². The average molecular weight is 296 g/mol. The number of urea groups is 1. The smallest absolute Gasteiger partial charge is 0.317 e. The fraction of sp³-hybridized carbons (Fsp3) is 0.875. The van der Waals surface area contributed by atoms with Crippen LogP contribution in [0.2, 0.25) is 0 Å². The zero-order valence-corrected chi connectivity index (χ0v) is 13.0. The summed E-state index contributed by atoms with van der Waals surface area (Å²) in [6.45, 7) is 3.56. The SMILES string of the molecule is CCC1CCCC(NC(=O)N2CCCC(CC(=O)O)C2)C1. The molecule has 1 saturated carbocycles. The van der Waals surface area contributed by atoms with Crippen LogP contribution in [0.15, 0.2) is 0 Å². The van der Waals surface area contributed by atoms with Gasteiger partial charge in [-0.15, -0.1) is 0 Å². The van der Waals surface area contributed by atoms with Gasteiger partial charge in [0.05, 0.1) is 0 Å². The van der Waals surface area contributed by atoms with Crippen LogP contribution in [0.25, 0.3) is 0 Å². The van der Waals surface area contributed by atoms with Crippen LogP contribution in [0.1, 0.15) is 58.3 Å². The fourth-order valence-electron chi connectivity index (χ4n) is 3.72. The van der Waals surface area contributed by atoms with Crippen molar-refractivity contribution in [2.75, 3.05) is 13.1 Å². The number of nitrogens with zero attached hydrogens (tertiary/aromatic N) is 1. The number of carboxylic acid groups (broad SMARTS) is 1. The van der Waals surface area contributed by atoms with Crippen LogP contribution in [0.5, 0.6) is 0 Å². The van der Waals surface area contributed by atoms with Crippen molar-refractivity contribution in [2.45, 2.75) is 64.3 Å². The number of rotatable bonds is 4. The van der Waals surface area contributed by atoms with E-state index in [1.165, 1.54) is 19.3 Å². The molecule has 1 aliphatic heterocycles. The maximum absolute atomic E-state index is 12.4. The third kappa shape index (κ3) is 4.90. The maximum Gasteiger partial charge on any atom is 0.317 e. The van der Waals surface area contributed by atoms with Crippen LogP contribution in [0, 0.1) is 11.8 Å². The molecule has 2 fully saturated rings. The highest BCUT2D eigenvalue weighted by atomic mass is 16.4. The molecule has 0 aromatic rings. The summed E-state index contributed by atoms with van der Waals surface area (Å²) >= 11 is 0. The minimum Gasteiger partial charge on any atom is -0.481 e. The molecule has 1 heterocycles. The molecular weight excluding hydrogens is 268 g/mol. The molecule has 3 unspecified atom stereocenters. The van der Waals surface area contributed by atoms with Gasteiger partial charge in [-0.3, -0.25) is 4.79 Å². The Labute approximate surface area is 127 Å². The molecule has 1 aliphatic carbocycles. The summed E-state index contributed by atoms with van der Waals surface area (Å²) in [6.07, 6.45) is 7.84. The van der Waals surface area contributed by atoms with E-state index in [0.717, 1.165) is 38.1 Å². The van der Waals surface area contributed by atoms with E-state index in [-0.39, 0.29) is 18.4 Å². The summed E-state index contributed by atoms with van der Waals surface area (Å²) in [6, 6.07) is 0.308. The van der Waals surface area contributed by atoms with Gasteiger partial charge in [-0.25, -0.2) is 4.79 Å². The topological polar surface area (TPSA) is 69.6 Å². The molecule has 3 atom stereocenters. The lowest BCUT2D eigenvalue weighted by Gasteiger charge is -2.35. The number of carbonyl (C=O) groups is 2. The van der Waals surface area contributed by atoms with Gasteiger partial charge >= 0.3 is 12.0 Å². The standard InChI is InChI=1S/C16H28N2O3/c1-2-12-5-3-7-14(9-12)17-16(21)18-8-4-6-13(11-18)10-15(19)20/h12-14H,2-11H2,1H3,(H,17,21)(H,19,20). The first-order valence-electron chi connectivity index (χ1n) is 8.35. The zero-order valence-electron chi connectivity index (χ0n) is 13.0. The van der Waals surface area contributed by atoms with E-state index in [2.05, 4.69) is 12.2 Å². The molecule has 21 heavy (non-hydrogen) atoms. The monoisotopic (exact) mass is 296 g/mol. The molecule has 120 valence electrons. The van der Waals surface area contributed by atoms with E-state index in [9.17, 15) is 9.59 Å². The number of aliphatic carboxylic acids is 1. The Bertz CT molecular complexity index is 373. The second kappa shape index (κ2) is 7.66. The molecule has 0 spiro atoms. The van der Waals surface area contributed by atoms with Gasteiger partial charge in [0.25, 0.3) is 0 Å². The van der Waals surface area contributed by atoms with Gasteiger partial charge < -0.3 is 15.3 Å². The Morgan fingerprint density at radius 3 is 2.67 bits per heavy atom. The Balaban J connectivity index is 1.80. The summed E-state index contributed by atoms with van der Waals surface area (Å²) in [5.74, 6) is 0.0854. The van der Waals surface area contributed by atoms with Gasteiger partial charge in [0.1, 0.15) is 0 Å². The number of amides is 2.